The summed E-state index contributed by atoms with van der Waals surface area (Å²) in [6.45, 7) is 0. The molecule has 1 aromatic rings. The molecule has 0 saturated heterocycles. The summed E-state index contributed by atoms with van der Waals surface area (Å²) in [6.07, 6.45) is -1.14. The third-order valence-electron chi connectivity index (χ3n) is 3.86. The maximum Gasteiger partial charge on any atom is 0.416 e. The quantitative estimate of drug-likeness (QED) is 0.867. The minimum absolute atomic E-state index is 0.127. The van der Waals surface area contributed by atoms with E-state index >= 15 is 0 Å². The zero-order chi connectivity index (χ0) is 14.8. The minimum Gasteiger partial charge on any atom is -0.380 e. The summed E-state index contributed by atoms with van der Waals surface area (Å²) in [5.41, 5.74) is 0.285. The normalized spacial score (nSPS) is 18.9. The molecule has 0 radical (unpaired) electrons. The fraction of sp³-hybridized carbons (Fsp3) is 0.600. The molecule has 1 N–H and O–H groups in total. The molecule has 0 aromatic heterocycles. The van der Waals surface area contributed by atoms with Gasteiger partial charge >= 0.3 is 6.18 Å². The van der Waals surface area contributed by atoms with Crippen LogP contribution >= 0.6 is 0 Å². The Kier molecular flexibility index (Phi) is 4.70. The fourth-order valence-corrected chi connectivity index (χ4v) is 2.58. The van der Waals surface area contributed by atoms with Crippen LogP contribution in [0.3, 0.4) is 0 Å². The molecule has 5 heteroatoms. The van der Waals surface area contributed by atoms with E-state index in [1.807, 2.05) is 7.05 Å². The average Bonchev–Trinajstić information content (AvgIpc) is 3.22. The highest BCUT2D eigenvalue weighted by Crippen LogP contribution is 2.36. The van der Waals surface area contributed by atoms with E-state index in [0.717, 1.165) is 17.7 Å². The molecule has 2 unspecified atom stereocenters. The van der Waals surface area contributed by atoms with E-state index < -0.39 is 11.7 Å². The Labute approximate surface area is 117 Å². The van der Waals surface area contributed by atoms with E-state index in [2.05, 4.69) is 5.32 Å². The molecule has 1 fully saturated rings. The minimum atomic E-state index is -4.27. The Morgan fingerprint density at radius 3 is 2.25 bits per heavy atom. The second-order valence-corrected chi connectivity index (χ2v) is 5.33. The van der Waals surface area contributed by atoms with Crippen molar-refractivity contribution < 1.29 is 17.9 Å². The molecule has 1 aliphatic rings. The van der Waals surface area contributed by atoms with Gasteiger partial charge in [0.15, 0.2) is 0 Å². The van der Waals surface area contributed by atoms with Gasteiger partial charge in [0, 0.05) is 13.2 Å². The third-order valence-corrected chi connectivity index (χ3v) is 3.86. The van der Waals surface area contributed by atoms with Gasteiger partial charge in [0.05, 0.1) is 11.7 Å². The van der Waals surface area contributed by atoms with Crippen molar-refractivity contribution in [1.29, 1.82) is 0 Å². The molecular formula is C15H20F3NO. The Morgan fingerprint density at radius 1 is 1.25 bits per heavy atom. The largest absolute Gasteiger partial charge is 0.416 e. The lowest BCUT2D eigenvalue weighted by molar-refractivity contribution is -0.137. The van der Waals surface area contributed by atoms with Gasteiger partial charge in [-0.3, -0.25) is 0 Å². The molecule has 1 aromatic carbocycles. The number of rotatable bonds is 6. The van der Waals surface area contributed by atoms with Crippen molar-refractivity contribution in [3.05, 3.63) is 35.4 Å². The highest BCUT2D eigenvalue weighted by molar-refractivity contribution is 5.25. The first-order chi connectivity index (χ1) is 9.45. The van der Waals surface area contributed by atoms with E-state index in [9.17, 15) is 13.2 Å². The standard InChI is InChI=1S/C15H20F3NO/c1-19-13(14(20-2)11-5-6-11)9-10-3-7-12(8-4-10)15(16,17)18/h3-4,7-8,11,13-14,19H,5-6,9H2,1-2H3. The van der Waals surface area contributed by atoms with Gasteiger partial charge in [-0.05, 0) is 49.9 Å². The molecule has 2 rings (SSSR count). The summed E-state index contributed by atoms with van der Waals surface area (Å²) < 4.78 is 43.1. The number of hydrogen-bond donors (Lipinski definition) is 1. The van der Waals surface area contributed by atoms with Crippen molar-refractivity contribution in [2.45, 2.75) is 37.6 Å². The van der Waals surface area contributed by atoms with E-state index in [4.69, 9.17) is 4.74 Å². The lowest BCUT2D eigenvalue weighted by Crippen LogP contribution is -2.41. The van der Waals surface area contributed by atoms with Crippen LogP contribution in [0.4, 0.5) is 13.2 Å². The Morgan fingerprint density at radius 2 is 1.85 bits per heavy atom. The zero-order valence-corrected chi connectivity index (χ0v) is 11.7. The van der Waals surface area contributed by atoms with Gasteiger partial charge in [0.1, 0.15) is 0 Å². The molecule has 2 nitrogen and oxygen atoms in total. The van der Waals surface area contributed by atoms with Crippen molar-refractivity contribution in [3.63, 3.8) is 0 Å². The summed E-state index contributed by atoms with van der Waals surface area (Å²) in [6, 6.07) is 5.51. The first kappa shape index (κ1) is 15.3. The van der Waals surface area contributed by atoms with E-state index in [1.54, 1.807) is 19.2 Å². The number of alkyl halides is 3. The Balaban J connectivity index is 2.03. The summed E-state index contributed by atoms with van der Waals surface area (Å²) in [5.74, 6) is 0.576. The summed E-state index contributed by atoms with van der Waals surface area (Å²) in [5, 5.41) is 3.22. The molecule has 0 bridgehead atoms. The van der Waals surface area contributed by atoms with Crippen molar-refractivity contribution in [3.8, 4) is 0 Å². The summed E-state index contributed by atoms with van der Waals surface area (Å²) in [4.78, 5) is 0. The summed E-state index contributed by atoms with van der Waals surface area (Å²) in [7, 11) is 3.56. The average molecular weight is 287 g/mol. The Bertz CT molecular complexity index is 426. The van der Waals surface area contributed by atoms with Crippen molar-refractivity contribution in [2.75, 3.05) is 14.2 Å². The maximum atomic E-state index is 12.5. The SMILES string of the molecule is CNC(Cc1ccc(C(F)(F)F)cc1)C(OC)C1CC1. The van der Waals surface area contributed by atoms with E-state index in [-0.39, 0.29) is 12.1 Å². The molecule has 1 saturated carbocycles. The molecule has 0 aliphatic heterocycles. The molecule has 20 heavy (non-hydrogen) atoms. The van der Waals surface area contributed by atoms with Crippen LogP contribution < -0.4 is 5.32 Å². The van der Waals surface area contributed by atoms with Crippen LogP contribution in [0.5, 0.6) is 0 Å². The van der Waals surface area contributed by atoms with E-state index in [1.165, 1.54) is 12.8 Å². The lowest BCUT2D eigenvalue weighted by Gasteiger charge is -2.26. The van der Waals surface area contributed by atoms with E-state index in [0.29, 0.717) is 12.3 Å². The predicted molar refractivity (Wildman–Crippen MR) is 71.5 cm³/mol. The number of halogens is 3. The molecular weight excluding hydrogens is 267 g/mol. The first-order valence-corrected chi connectivity index (χ1v) is 6.82. The molecule has 0 amide bonds. The molecule has 1 aliphatic carbocycles. The highest BCUT2D eigenvalue weighted by Gasteiger charge is 2.36. The molecule has 0 spiro atoms. The topological polar surface area (TPSA) is 21.3 Å². The van der Waals surface area contributed by atoms with Crippen LogP contribution in [0.15, 0.2) is 24.3 Å². The number of hydrogen-bond acceptors (Lipinski definition) is 2. The molecule has 0 heterocycles. The van der Waals surface area contributed by atoms with Crippen LogP contribution in [0, 0.1) is 5.92 Å². The summed E-state index contributed by atoms with van der Waals surface area (Å²) >= 11 is 0. The van der Waals surface area contributed by atoms with Crippen LogP contribution in [-0.4, -0.2) is 26.3 Å². The number of nitrogens with one attached hydrogen (secondary N) is 1. The smallest absolute Gasteiger partial charge is 0.380 e. The number of ether oxygens (including phenoxy) is 1. The maximum absolute atomic E-state index is 12.5. The van der Waals surface area contributed by atoms with Crippen LogP contribution in [0.25, 0.3) is 0 Å². The van der Waals surface area contributed by atoms with Crippen molar-refractivity contribution in [1.82, 2.24) is 5.32 Å². The van der Waals surface area contributed by atoms with Crippen molar-refractivity contribution in [2.24, 2.45) is 5.92 Å². The van der Waals surface area contributed by atoms with Gasteiger partial charge in [0.2, 0.25) is 0 Å². The van der Waals surface area contributed by atoms with Gasteiger partial charge in [-0.15, -0.1) is 0 Å². The number of benzene rings is 1. The Hall–Kier alpha value is -1.07. The monoisotopic (exact) mass is 287 g/mol. The van der Waals surface area contributed by atoms with Gasteiger partial charge in [-0.1, -0.05) is 12.1 Å². The van der Waals surface area contributed by atoms with Gasteiger partial charge in [0.25, 0.3) is 0 Å². The van der Waals surface area contributed by atoms with Crippen LogP contribution in [-0.2, 0) is 17.3 Å². The van der Waals surface area contributed by atoms with Crippen LogP contribution in [0.2, 0.25) is 0 Å². The number of likely N-dealkylation sites (N-methyl/N-ethyl adjacent to an activating group) is 1. The molecule has 2 atom stereocenters. The molecule has 112 valence electrons. The van der Waals surface area contributed by atoms with Gasteiger partial charge in [-0.2, -0.15) is 13.2 Å². The first-order valence-electron chi connectivity index (χ1n) is 6.82. The highest BCUT2D eigenvalue weighted by atomic mass is 19.4. The van der Waals surface area contributed by atoms with Crippen LogP contribution in [0.1, 0.15) is 24.0 Å². The predicted octanol–water partition coefficient (Wildman–Crippen LogP) is 3.26. The zero-order valence-electron chi connectivity index (χ0n) is 11.7. The number of methoxy groups -OCH3 is 1. The fourth-order valence-electron chi connectivity index (χ4n) is 2.58. The second-order valence-electron chi connectivity index (χ2n) is 5.33. The third kappa shape index (κ3) is 3.73. The van der Waals surface area contributed by atoms with Gasteiger partial charge in [-0.25, -0.2) is 0 Å². The lowest BCUT2D eigenvalue weighted by atomic mass is 9.97. The second kappa shape index (κ2) is 6.14. The van der Waals surface area contributed by atoms with Gasteiger partial charge < -0.3 is 10.1 Å². The van der Waals surface area contributed by atoms with Crippen molar-refractivity contribution >= 4 is 0 Å².